The molecule has 0 heterocycles. The summed E-state index contributed by atoms with van der Waals surface area (Å²) in [6.07, 6.45) is 0. The molecule has 0 aliphatic heterocycles. The van der Waals surface area contributed by atoms with Gasteiger partial charge < -0.3 is 10.1 Å². The van der Waals surface area contributed by atoms with Crippen LogP contribution in [0.15, 0.2) is 40.9 Å². The fourth-order valence-electron chi connectivity index (χ4n) is 1.70. The molecule has 0 bridgehead atoms. The minimum atomic E-state index is -0.519. The van der Waals surface area contributed by atoms with Gasteiger partial charge in [0.2, 0.25) is 0 Å². The topological polar surface area (TPSA) is 62.1 Å². The quantitative estimate of drug-likeness (QED) is 0.919. The molecule has 0 aliphatic carbocycles. The fraction of sp³-hybridized carbons (Fsp3) is 0.0667. The summed E-state index contributed by atoms with van der Waals surface area (Å²) in [4.78, 5) is 12.1. The van der Waals surface area contributed by atoms with Crippen molar-refractivity contribution in [2.75, 3.05) is 12.4 Å². The summed E-state index contributed by atoms with van der Waals surface area (Å²) in [5.41, 5.74) is 1.01. The molecule has 0 aromatic heterocycles. The number of ether oxygens (including phenoxy) is 1. The Bertz CT molecular complexity index is 741. The molecular weight excluding hydrogens is 339 g/mol. The standard InChI is InChI=1S/C15H10BrFN2O2/c1-21-14-6-9(8-18)2-5-13(14)19-15(20)10-3-4-11(16)12(17)7-10/h2-7H,1H3,(H,19,20). The number of hydrogen-bond acceptors (Lipinski definition) is 3. The first-order valence-electron chi connectivity index (χ1n) is 5.89. The van der Waals surface area contributed by atoms with E-state index in [1.54, 1.807) is 12.1 Å². The van der Waals surface area contributed by atoms with E-state index in [0.29, 0.717) is 17.0 Å². The number of rotatable bonds is 3. The van der Waals surface area contributed by atoms with Crippen LogP contribution in [0.4, 0.5) is 10.1 Å². The summed E-state index contributed by atoms with van der Waals surface area (Å²) >= 11 is 3.03. The maximum atomic E-state index is 13.4. The van der Waals surface area contributed by atoms with Gasteiger partial charge in [-0.05, 0) is 46.3 Å². The minimum absolute atomic E-state index is 0.183. The SMILES string of the molecule is COc1cc(C#N)ccc1NC(=O)c1ccc(Br)c(F)c1. The van der Waals surface area contributed by atoms with Crippen molar-refractivity contribution < 1.29 is 13.9 Å². The number of methoxy groups -OCH3 is 1. The van der Waals surface area contributed by atoms with Gasteiger partial charge in [0.05, 0.1) is 28.9 Å². The van der Waals surface area contributed by atoms with Gasteiger partial charge in [-0.15, -0.1) is 0 Å². The lowest BCUT2D eigenvalue weighted by atomic mass is 10.1. The lowest BCUT2D eigenvalue weighted by molar-refractivity contribution is 0.102. The van der Waals surface area contributed by atoms with Crippen molar-refractivity contribution in [3.8, 4) is 11.8 Å². The molecule has 0 saturated heterocycles. The summed E-state index contributed by atoms with van der Waals surface area (Å²) in [5, 5.41) is 11.4. The predicted octanol–water partition coefficient (Wildman–Crippen LogP) is 3.72. The molecule has 21 heavy (non-hydrogen) atoms. The zero-order valence-corrected chi connectivity index (χ0v) is 12.6. The van der Waals surface area contributed by atoms with Crippen LogP contribution in [0.5, 0.6) is 5.75 Å². The summed E-state index contributed by atoms with van der Waals surface area (Å²) in [6.45, 7) is 0. The Morgan fingerprint density at radius 2 is 2.10 bits per heavy atom. The third-order valence-corrected chi connectivity index (χ3v) is 3.40. The van der Waals surface area contributed by atoms with E-state index in [9.17, 15) is 9.18 Å². The molecule has 1 amide bonds. The average molecular weight is 349 g/mol. The highest BCUT2D eigenvalue weighted by Crippen LogP contribution is 2.26. The van der Waals surface area contributed by atoms with E-state index in [1.807, 2.05) is 6.07 Å². The number of nitrogens with zero attached hydrogens (tertiary/aromatic N) is 1. The van der Waals surface area contributed by atoms with Crippen LogP contribution in [0, 0.1) is 17.1 Å². The van der Waals surface area contributed by atoms with Crippen molar-refractivity contribution in [2.24, 2.45) is 0 Å². The van der Waals surface area contributed by atoms with E-state index in [1.165, 1.54) is 25.3 Å². The van der Waals surface area contributed by atoms with Crippen LogP contribution in [0.2, 0.25) is 0 Å². The van der Waals surface area contributed by atoms with Crippen LogP contribution in [0.1, 0.15) is 15.9 Å². The third kappa shape index (κ3) is 3.38. The van der Waals surface area contributed by atoms with Gasteiger partial charge in [-0.1, -0.05) is 0 Å². The van der Waals surface area contributed by atoms with Crippen molar-refractivity contribution in [1.29, 1.82) is 5.26 Å². The van der Waals surface area contributed by atoms with Crippen molar-refractivity contribution >= 4 is 27.5 Å². The molecular formula is C15H10BrFN2O2. The van der Waals surface area contributed by atoms with E-state index in [0.717, 1.165) is 6.07 Å². The van der Waals surface area contributed by atoms with Gasteiger partial charge >= 0.3 is 0 Å². The second-order valence-electron chi connectivity index (χ2n) is 4.11. The van der Waals surface area contributed by atoms with E-state index < -0.39 is 11.7 Å². The van der Waals surface area contributed by atoms with Crippen LogP contribution in [0.25, 0.3) is 0 Å². The molecule has 106 valence electrons. The number of halogens is 2. The van der Waals surface area contributed by atoms with E-state index in [2.05, 4.69) is 21.2 Å². The molecule has 2 rings (SSSR count). The molecule has 1 N–H and O–H groups in total. The van der Waals surface area contributed by atoms with Gasteiger partial charge in [0, 0.05) is 11.6 Å². The Hall–Kier alpha value is -2.39. The molecule has 0 radical (unpaired) electrons. The maximum absolute atomic E-state index is 13.4. The Balaban J connectivity index is 2.27. The van der Waals surface area contributed by atoms with Crippen molar-refractivity contribution in [1.82, 2.24) is 0 Å². The number of carbonyl (C=O) groups excluding carboxylic acids is 1. The lowest BCUT2D eigenvalue weighted by Crippen LogP contribution is -2.13. The maximum Gasteiger partial charge on any atom is 0.255 e. The zero-order valence-electron chi connectivity index (χ0n) is 11.0. The van der Waals surface area contributed by atoms with Crippen LogP contribution in [-0.4, -0.2) is 13.0 Å². The molecule has 2 aromatic carbocycles. The minimum Gasteiger partial charge on any atom is -0.495 e. The highest BCUT2D eigenvalue weighted by atomic mass is 79.9. The normalized spacial score (nSPS) is 9.81. The van der Waals surface area contributed by atoms with E-state index in [4.69, 9.17) is 10.00 Å². The molecule has 0 aliphatic rings. The Morgan fingerprint density at radius 3 is 2.71 bits per heavy atom. The zero-order chi connectivity index (χ0) is 15.4. The van der Waals surface area contributed by atoms with Gasteiger partial charge in [0.1, 0.15) is 11.6 Å². The van der Waals surface area contributed by atoms with Gasteiger partial charge in [0.15, 0.2) is 0 Å². The Kier molecular flexibility index (Phi) is 4.55. The van der Waals surface area contributed by atoms with Gasteiger partial charge in [0.25, 0.3) is 5.91 Å². The van der Waals surface area contributed by atoms with Gasteiger partial charge in [-0.25, -0.2) is 4.39 Å². The first-order valence-corrected chi connectivity index (χ1v) is 6.69. The van der Waals surface area contributed by atoms with Crippen LogP contribution in [-0.2, 0) is 0 Å². The third-order valence-electron chi connectivity index (χ3n) is 2.76. The number of amides is 1. The number of carbonyl (C=O) groups is 1. The summed E-state index contributed by atoms with van der Waals surface area (Å²) in [7, 11) is 1.44. The highest BCUT2D eigenvalue weighted by molar-refractivity contribution is 9.10. The molecule has 2 aromatic rings. The number of nitriles is 1. The summed E-state index contributed by atoms with van der Waals surface area (Å²) in [5.74, 6) is -0.626. The molecule has 6 heteroatoms. The molecule has 0 spiro atoms. The fourth-order valence-corrected chi connectivity index (χ4v) is 1.94. The number of hydrogen-bond donors (Lipinski definition) is 1. The van der Waals surface area contributed by atoms with Crippen LogP contribution >= 0.6 is 15.9 Å². The molecule has 0 atom stereocenters. The summed E-state index contributed by atoms with van der Waals surface area (Å²) < 4.78 is 18.8. The van der Waals surface area contributed by atoms with E-state index >= 15 is 0 Å². The van der Waals surface area contributed by atoms with Gasteiger partial charge in [-0.3, -0.25) is 4.79 Å². The van der Waals surface area contributed by atoms with Gasteiger partial charge in [-0.2, -0.15) is 5.26 Å². The average Bonchev–Trinajstić information content (AvgIpc) is 2.50. The number of anilines is 1. The highest BCUT2D eigenvalue weighted by Gasteiger charge is 2.12. The van der Waals surface area contributed by atoms with Crippen molar-refractivity contribution in [3.63, 3.8) is 0 Å². The predicted molar refractivity (Wildman–Crippen MR) is 79.8 cm³/mol. The molecule has 0 unspecified atom stereocenters. The second kappa shape index (κ2) is 6.37. The Morgan fingerprint density at radius 1 is 1.33 bits per heavy atom. The smallest absolute Gasteiger partial charge is 0.255 e. The lowest BCUT2D eigenvalue weighted by Gasteiger charge is -2.10. The number of benzene rings is 2. The van der Waals surface area contributed by atoms with Crippen LogP contribution < -0.4 is 10.1 Å². The first-order chi connectivity index (χ1) is 10.0. The molecule has 0 fully saturated rings. The number of nitrogens with one attached hydrogen (secondary N) is 1. The van der Waals surface area contributed by atoms with Crippen molar-refractivity contribution in [3.05, 3.63) is 57.8 Å². The monoisotopic (exact) mass is 348 g/mol. The molecule has 0 saturated carbocycles. The summed E-state index contributed by atoms with van der Waals surface area (Å²) in [6, 6.07) is 10.7. The van der Waals surface area contributed by atoms with Crippen LogP contribution in [0.3, 0.4) is 0 Å². The van der Waals surface area contributed by atoms with Crippen molar-refractivity contribution in [2.45, 2.75) is 0 Å². The second-order valence-corrected chi connectivity index (χ2v) is 4.96. The van der Waals surface area contributed by atoms with E-state index in [-0.39, 0.29) is 10.0 Å². The molecule has 4 nitrogen and oxygen atoms in total. The Labute approximate surface area is 129 Å². The largest absolute Gasteiger partial charge is 0.495 e. The first kappa shape index (κ1) is 15.0.